The normalized spacial score (nSPS) is 16.2. The molecule has 0 radical (unpaired) electrons. The molecule has 3 nitrogen and oxygen atoms in total. The van der Waals surface area contributed by atoms with Crippen molar-refractivity contribution in [2.24, 2.45) is 0 Å². The lowest BCUT2D eigenvalue weighted by Gasteiger charge is -2.15. The summed E-state index contributed by atoms with van der Waals surface area (Å²) in [4.78, 5) is 0. The largest absolute Gasteiger partial charge is 0.490 e. The van der Waals surface area contributed by atoms with Gasteiger partial charge in [-0.2, -0.15) is 0 Å². The molecule has 1 aliphatic rings. The van der Waals surface area contributed by atoms with Crippen LogP contribution in [0.1, 0.15) is 25.0 Å². The minimum absolute atomic E-state index is 0.631. The molecule has 1 unspecified atom stereocenters. The molecule has 0 saturated carbocycles. The van der Waals surface area contributed by atoms with Crippen molar-refractivity contribution in [1.82, 2.24) is 0 Å². The topological polar surface area (TPSA) is 38.7 Å². The summed E-state index contributed by atoms with van der Waals surface area (Å²) in [6.45, 7) is 6.83. The molecule has 1 aromatic carbocycles. The first-order valence-electron chi connectivity index (χ1n) is 5.52. The SMILES string of the molecule is C=C(C)C(O)c1cc(Br)c2c(c1)OCCCO2. The van der Waals surface area contributed by atoms with Gasteiger partial charge in [0.05, 0.1) is 23.8 Å². The van der Waals surface area contributed by atoms with E-state index in [2.05, 4.69) is 22.5 Å². The monoisotopic (exact) mass is 298 g/mol. The van der Waals surface area contributed by atoms with Crippen molar-refractivity contribution in [2.75, 3.05) is 13.2 Å². The van der Waals surface area contributed by atoms with Crippen molar-refractivity contribution in [2.45, 2.75) is 19.4 Å². The lowest BCUT2D eigenvalue weighted by Crippen LogP contribution is -2.00. The van der Waals surface area contributed by atoms with Gasteiger partial charge >= 0.3 is 0 Å². The second-order valence-corrected chi connectivity index (χ2v) is 4.98. The summed E-state index contributed by atoms with van der Waals surface area (Å²) in [5.41, 5.74) is 1.46. The van der Waals surface area contributed by atoms with Crippen LogP contribution < -0.4 is 9.47 Å². The van der Waals surface area contributed by atoms with Crippen molar-refractivity contribution in [3.8, 4) is 11.5 Å². The molecule has 0 aliphatic carbocycles. The molecular formula is C13H15BrO3. The zero-order valence-corrected chi connectivity index (χ0v) is 11.3. The molecule has 92 valence electrons. The van der Waals surface area contributed by atoms with E-state index in [0.717, 1.165) is 16.5 Å². The minimum Gasteiger partial charge on any atom is -0.490 e. The highest BCUT2D eigenvalue weighted by atomic mass is 79.9. The molecule has 0 fully saturated rings. The second-order valence-electron chi connectivity index (χ2n) is 4.13. The molecule has 1 heterocycles. The molecule has 1 aromatic rings. The minimum atomic E-state index is -0.677. The highest BCUT2D eigenvalue weighted by molar-refractivity contribution is 9.10. The zero-order chi connectivity index (χ0) is 12.4. The summed E-state index contributed by atoms with van der Waals surface area (Å²) in [6, 6.07) is 3.65. The number of halogens is 1. The van der Waals surface area contributed by atoms with Crippen LogP contribution in [-0.2, 0) is 0 Å². The van der Waals surface area contributed by atoms with E-state index in [0.29, 0.717) is 30.3 Å². The average molecular weight is 299 g/mol. The number of aliphatic hydroxyl groups excluding tert-OH is 1. The molecule has 17 heavy (non-hydrogen) atoms. The van der Waals surface area contributed by atoms with Crippen molar-refractivity contribution < 1.29 is 14.6 Å². The molecule has 0 aromatic heterocycles. The number of ether oxygens (including phenoxy) is 2. The number of hydrogen-bond acceptors (Lipinski definition) is 3. The summed E-state index contributed by atoms with van der Waals surface area (Å²) in [5.74, 6) is 1.38. The van der Waals surface area contributed by atoms with Crippen LogP contribution in [0.5, 0.6) is 11.5 Å². The molecular weight excluding hydrogens is 284 g/mol. The van der Waals surface area contributed by atoms with Crippen molar-refractivity contribution in [1.29, 1.82) is 0 Å². The quantitative estimate of drug-likeness (QED) is 0.852. The molecule has 0 amide bonds. The predicted molar refractivity (Wildman–Crippen MR) is 69.5 cm³/mol. The average Bonchev–Trinajstić information content (AvgIpc) is 2.53. The first kappa shape index (κ1) is 12.5. The van der Waals surface area contributed by atoms with Crippen LogP contribution in [0.4, 0.5) is 0 Å². The first-order chi connectivity index (χ1) is 8.09. The van der Waals surface area contributed by atoms with E-state index in [1.807, 2.05) is 12.1 Å². The highest BCUT2D eigenvalue weighted by Gasteiger charge is 2.18. The summed E-state index contributed by atoms with van der Waals surface area (Å²) in [6.07, 6.45) is 0.183. The van der Waals surface area contributed by atoms with E-state index in [9.17, 15) is 5.11 Å². The smallest absolute Gasteiger partial charge is 0.175 e. The number of benzene rings is 1. The van der Waals surface area contributed by atoms with Gasteiger partial charge in [-0.15, -0.1) is 0 Å². The van der Waals surface area contributed by atoms with Gasteiger partial charge in [0.15, 0.2) is 11.5 Å². The van der Waals surface area contributed by atoms with Gasteiger partial charge in [0.2, 0.25) is 0 Å². The third kappa shape index (κ3) is 2.64. The fourth-order valence-corrected chi connectivity index (χ4v) is 2.27. The Morgan fingerprint density at radius 3 is 2.82 bits per heavy atom. The maximum absolute atomic E-state index is 9.98. The lowest BCUT2D eigenvalue weighted by molar-refractivity contribution is 0.215. The Bertz CT molecular complexity index is 443. The standard InChI is InChI=1S/C13H15BrO3/c1-8(2)12(15)9-6-10(14)13-11(7-9)16-4-3-5-17-13/h6-7,12,15H,1,3-5H2,2H3. The van der Waals surface area contributed by atoms with Gasteiger partial charge in [-0.05, 0) is 46.1 Å². The van der Waals surface area contributed by atoms with Crippen LogP contribution in [0.25, 0.3) is 0 Å². The van der Waals surface area contributed by atoms with Crippen LogP contribution in [0, 0.1) is 0 Å². The van der Waals surface area contributed by atoms with E-state index in [1.165, 1.54) is 0 Å². The van der Waals surface area contributed by atoms with Crippen molar-refractivity contribution >= 4 is 15.9 Å². The fraction of sp³-hybridized carbons (Fsp3) is 0.385. The Hall–Kier alpha value is -1.00. The maximum atomic E-state index is 9.98. The van der Waals surface area contributed by atoms with E-state index in [1.54, 1.807) is 6.92 Å². The Morgan fingerprint density at radius 2 is 2.12 bits per heavy atom. The molecule has 1 N–H and O–H groups in total. The Kier molecular flexibility index (Phi) is 3.74. The molecule has 1 atom stereocenters. The lowest BCUT2D eigenvalue weighted by atomic mass is 10.0. The molecule has 0 spiro atoms. The predicted octanol–water partition coefficient (Wildman–Crippen LogP) is 3.22. The van der Waals surface area contributed by atoms with Crippen LogP contribution in [-0.4, -0.2) is 18.3 Å². The van der Waals surface area contributed by atoms with E-state index < -0.39 is 6.10 Å². The van der Waals surface area contributed by atoms with Crippen LogP contribution >= 0.6 is 15.9 Å². The van der Waals surface area contributed by atoms with Gasteiger partial charge in [0, 0.05) is 6.42 Å². The number of hydrogen-bond donors (Lipinski definition) is 1. The van der Waals surface area contributed by atoms with Crippen molar-refractivity contribution in [3.05, 3.63) is 34.3 Å². The van der Waals surface area contributed by atoms with Crippen LogP contribution in [0.2, 0.25) is 0 Å². The van der Waals surface area contributed by atoms with Gasteiger partial charge in [-0.25, -0.2) is 0 Å². The summed E-state index contributed by atoms with van der Waals surface area (Å²) in [7, 11) is 0. The summed E-state index contributed by atoms with van der Waals surface area (Å²) < 4.78 is 12.0. The van der Waals surface area contributed by atoms with Gasteiger partial charge in [-0.1, -0.05) is 6.58 Å². The summed E-state index contributed by atoms with van der Waals surface area (Å²) in [5, 5.41) is 9.98. The summed E-state index contributed by atoms with van der Waals surface area (Å²) >= 11 is 3.44. The van der Waals surface area contributed by atoms with Gasteiger partial charge in [-0.3, -0.25) is 0 Å². The van der Waals surface area contributed by atoms with Gasteiger partial charge in [0.25, 0.3) is 0 Å². The van der Waals surface area contributed by atoms with Gasteiger partial charge < -0.3 is 14.6 Å². The van der Waals surface area contributed by atoms with Crippen LogP contribution in [0.3, 0.4) is 0 Å². The first-order valence-corrected chi connectivity index (χ1v) is 6.31. The maximum Gasteiger partial charge on any atom is 0.175 e. The third-order valence-electron chi connectivity index (χ3n) is 2.61. The number of aliphatic hydroxyl groups is 1. The number of rotatable bonds is 2. The molecule has 0 saturated heterocycles. The van der Waals surface area contributed by atoms with E-state index >= 15 is 0 Å². The molecule has 2 rings (SSSR count). The fourth-order valence-electron chi connectivity index (χ4n) is 1.69. The van der Waals surface area contributed by atoms with E-state index in [4.69, 9.17) is 9.47 Å². The Labute approximate surface area is 109 Å². The molecule has 4 heteroatoms. The van der Waals surface area contributed by atoms with Crippen LogP contribution in [0.15, 0.2) is 28.8 Å². The second kappa shape index (κ2) is 5.10. The highest BCUT2D eigenvalue weighted by Crippen LogP contribution is 2.40. The van der Waals surface area contributed by atoms with Crippen molar-refractivity contribution in [3.63, 3.8) is 0 Å². The molecule has 0 bridgehead atoms. The Morgan fingerprint density at radius 1 is 1.41 bits per heavy atom. The van der Waals surface area contributed by atoms with E-state index in [-0.39, 0.29) is 0 Å². The number of fused-ring (bicyclic) bond motifs is 1. The molecule has 1 aliphatic heterocycles. The third-order valence-corrected chi connectivity index (χ3v) is 3.20. The Balaban J connectivity index is 2.42. The van der Waals surface area contributed by atoms with Gasteiger partial charge in [0.1, 0.15) is 0 Å². The zero-order valence-electron chi connectivity index (χ0n) is 9.70.